The van der Waals surface area contributed by atoms with Gasteiger partial charge < -0.3 is 0 Å². The summed E-state index contributed by atoms with van der Waals surface area (Å²) in [6.07, 6.45) is 2.37. The molecule has 0 spiro atoms. The lowest BCUT2D eigenvalue weighted by molar-refractivity contribution is 0.760. The number of aromatic nitrogens is 4. The van der Waals surface area contributed by atoms with E-state index in [2.05, 4.69) is 38.1 Å². The Hall–Kier alpha value is -0.690. The third-order valence-electron chi connectivity index (χ3n) is 2.57. The van der Waals surface area contributed by atoms with Gasteiger partial charge in [-0.05, 0) is 64.1 Å². The highest BCUT2D eigenvalue weighted by molar-refractivity contribution is 14.1. The summed E-state index contributed by atoms with van der Waals surface area (Å²) in [7, 11) is 0. The number of hydrogen-bond donors (Lipinski definition) is 0. The van der Waals surface area contributed by atoms with Crippen LogP contribution in [-0.4, -0.2) is 20.2 Å². The van der Waals surface area contributed by atoms with Gasteiger partial charge in [-0.25, -0.2) is 0 Å². The molecule has 1 heterocycles. The third-order valence-corrected chi connectivity index (χ3v) is 3.67. The monoisotopic (exact) mass is 346 g/mol. The van der Waals surface area contributed by atoms with E-state index in [1.165, 1.54) is 12.8 Å². The molecular formula is C10H8ClIN4. The molecule has 1 aromatic heterocycles. The fourth-order valence-electron chi connectivity index (χ4n) is 1.61. The molecule has 2 aromatic rings. The van der Waals surface area contributed by atoms with E-state index in [4.69, 9.17) is 11.6 Å². The highest BCUT2D eigenvalue weighted by Gasteiger charge is 2.30. The highest BCUT2D eigenvalue weighted by atomic mass is 127. The minimum Gasteiger partial charge on any atom is -0.196 e. The van der Waals surface area contributed by atoms with Crippen LogP contribution in [0.2, 0.25) is 5.02 Å². The van der Waals surface area contributed by atoms with Crippen LogP contribution in [0.5, 0.6) is 0 Å². The zero-order valence-electron chi connectivity index (χ0n) is 8.27. The lowest BCUT2D eigenvalue weighted by Crippen LogP contribution is -2.03. The Morgan fingerprint density at radius 2 is 2.19 bits per heavy atom. The van der Waals surface area contributed by atoms with E-state index in [9.17, 15) is 0 Å². The summed E-state index contributed by atoms with van der Waals surface area (Å²) in [4.78, 5) is 0. The first-order valence-electron chi connectivity index (χ1n) is 4.99. The number of nitrogens with zero attached hydrogens (tertiary/aromatic N) is 4. The molecule has 6 heteroatoms. The molecule has 0 unspecified atom stereocenters. The predicted octanol–water partition coefficient (Wildman–Crippen LogP) is 2.80. The number of rotatable bonds is 2. The summed E-state index contributed by atoms with van der Waals surface area (Å²) in [6, 6.07) is 5.72. The number of hydrogen-bond acceptors (Lipinski definition) is 3. The average Bonchev–Trinajstić information content (AvgIpc) is 2.98. The second-order valence-electron chi connectivity index (χ2n) is 3.82. The van der Waals surface area contributed by atoms with Crippen LogP contribution in [0.15, 0.2) is 18.2 Å². The SMILES string of the molecule is Clc1ccc(-n2nnnc2C2CC2)c(I)c1. The van der Waals surface area contributed by atoms with Gasteiger partial charge in [0.05, 0.1) is 5.69 Å². The Labute approximate surface area is 111 Å². The number of halogens is 2. The zero-order valence-corrected chi connectivity index (χ0v) is 11.2. The van der Waals surface area contributed by atoms with Gasteiger partial charge in [-0.1, -0.05) is 11.6 Å². The molecule has 0 amide bonds. The Bertz CT molecular complexity index is 535. The van der Waals surface area contributed by atoms with Crippen LogP contribution < -0.4 is 0 Å². The van der Waals surface area contributed by atoms with Gasteiger partial charge in [0.25, 0.3) is 0 Å². The Morgan fingerprint density at radius 3 is 2.88 bits per heavy atom. The van der Waals surface area contributed by atoms with Gasteiger partial charge in [0.1, 0.15) is 0 Å². The summed E-state index contributed by atoms with van der Waals surface area (Å²) in [5.41, 5.74) is 0.997. The summed E-state index contributed by atoms with van der Waals surface area (Å²) in [5.74, 6) is 1.49. The average molecular weight is 347 g/mol. The first-order valence-corrected chi connectivity index (χ1v) is 6.45. The molecule has 0 radical (unpaired) electrons. The Morgan fingerprint density at radius 1 is 1.38 bits per heavy atom. The van der Waals surface area contributed by atoms with E-state index < -0.39 is 0 Å². The minimum absolute atomic E-state index is 0.529. The van der Waals surface area contributed by atoms with E-state index >= 15 is 0 Å². The van der Waals surface area contributed by atoms with Crippen molar-refractivity contribution in [1.82, 2.24) is 20.2 Å². The molecule has 16 heavy (non-hydrogen) atoms. The van der Waals surface area contributed by atoms with Crippen LogP contribution in [-0.2, 0) is 0 Å². The van der Waals surface area contributed by atoms with E-state index in [0.717, 1.165) is 20.1 Å². The Balaban J connectivity index is 2.10. The van der Waals surface area contributed by atoms with E-state index in [1.54, 1.807) is 0 Å². The molecule has 1 fully saturated rings. The zero-order chi connectivity index (χ0) is 11.1. The molecule has 1 aliphatic rings. The predicted molar refractivity (Wildman–Crippen MR) is 68.9 cm³/mol. The molecule has 82 valence electrons. The molecule has 0 saturated heterocycles. The van der Waals surface area contributed by atoms with Crippen LogP contribution >= 0.6 is 34.2 Å². The van der Waals surface area contributed by atoms with E-state index in [-0.39, 0.29) is 0 Å². The largest absolute Gasteiger partial charge is 0.196 e. The summed E-state index contributed by atoms with van der Waals surface area (Å²) in [5, 5.41) is 12.6. The summed E-state index contributed by atoms with van der Waals surface area (Å²) < 4.78 is 2.87. The van der Waals surface area contributed by atoms with Crippen molar-refractivity contribution in [1.29, 1.82) is 0 Å². The maximum Gasteiger partial charge on any atom is 0.159 e. The van der Waals surface area contributed by atoms with Crippen LogP contribution in [0.1, 0.15) is 24.6 Å². The van der Waals surface area contributed by atoms with Crippen molar-refractivity contribution in [3.63, 3.8) is 0 Å². The van der Waals surface area contributed by atoms with Crippen LogP contribution in [0.4, 0.5) is 0 Å². The second kappa shape index (κ2) is 3.96. The van der Waals surface area contributed by atoms with Crippen molar-refractivity contribution in [2.45, 2.75) is 18.8 Å². The van der Waals surface area contributed by atoms with Crippen LogP contribution in [0.25, 0.3) is 5.69 Å². The molecular weight excluding hydrogens is 338 g/mol. The molecule has 0 aliphatic heterocycles. The smallest absolute Gasteiger partial charge is 0.159 e. The molecule has 0 N–H and O–H groups in total. The maximum atomic E-state index is 5.93. The third kappa shape index (κ3) is 1.82. The summed E-state index contributed by atoms with van der Waals surface area (Å²) >= 11 is 8.17. The molecule has 1 aliphatic carbocycles. The maximum absolute atomic E-state index is 5.93. The van der Waals surface area contributed by atoms with Crippen molar-refractivity contribution in [2.24, 2.45) is 0 Å². The fraction of sp³-hybridized carbons (Fsp3) is 0.300. The quantitative estimate of drug-likeness (QED) is 0.786. The molecule has 1 aromatic carbocycles. The highest BCUT2D eigenvalue weighted by Crippen LogP contribution is 2.39. The molecule has 0 bridgehead atoms. The van der Waals surface area contributed by atoms with E-state index in [1.807, 2.05) is 22.9 Å². The van der Waals surface area contributed by atoms with Gasteiger partial charge in [0, 0.05) is 14.5 Å². The summed E-state index contributed by atoms with van der Waals surface area (Å²) in [6.45, 7) is 0. The molecule has 4 nitrogen and oxygen atoms in total. The molecule has 1 saturated carbocycles. The van der Waals surface area contributed by atoms with Crippen molar-refractivity contribution in [3.05, 3.63) is 32.6 Å². The topological polar surface area (TPSA) is 43.6 Å². The molecule has 0 atom stereocenters. The number of benzene rings is 1. The lowest BCUT2D eigenvalue weighted by atomic mass is 10.3. The normalized spacial score (nSPS) is 15.4. The van der Waals surface area contributed by atoms with Crippen LogP contribution in [0.3, 0.4) is 0 Å². The van der Waals surface area contributed by atoms with Gasteiger partial charge >= 0.3 is 0 Å². The van der Waals surface area contributed by atoms with Gasteiger partial charge in [-0.15, -0.1) is 5.10 Å². The van der Waals surface area contributed by atoms with Crippen molar-refractivity contribution in [3.8, 4) is 5.69 Å². The first-order chi connectivity index (χ1) is 7.75. The van der Waals surface area contributed by atoms with Crippen LogP contribution in [0, 0.1) is 3.57 Å². The van der Waals surface area contributed by atoms with Crippen molar-refractivity contribution >= 4 is 34.2 Å². The van der Waals surface area contributed by atoms with E-state index in [0.29, 0.717) is 5.92 Å². The van der Waals surface area contributed by atoms with Crippen molar-refractivity contribution < 1.29 is 0 Å². The fourth-order valence-corrected chi connectivity index (χ4v) is 2.71. The Kier molecular flexibility index (Phi) is 2.59. The van der Waals surface area contributed by atoms with Gasteiger partial charge in [-0.2, -0.15) is 4.68 Å². The van der Waals surface area contributed by atoms with Gasteiger partial charge in [-0.3, -0.25) is 0 Å². The van der Waals surface area contributed by atoms with Crippen molar-refractivity contribution in [2.75, 3.05) is 0 Å². The van der Waals surface area contributed by atoms with Gasteiger partial charge in [0.15, 0.2) is 5.82 Å². The molecule has 3 rings (SSSR count). The lowest BCUT2D eigenvalue weighted by Gasteiger charge is -2.06. The minimum atomic E-state index is 0.529. The second-order valence-corrected chi connectivity index (χ2v) is 5.42. The number of tetrazole rings is 1. The standard InChI is InChI=1S/C10H8ClIN4/c11-7-3-4-9(8(12)5-7)16-10(6-1-2-6)13-14-15-16/h3-6H,1-2H2. The van der Waals surface area contributed by atoms with Gasteiger partial charge in [0.2, 0.25) is 0 Å². The first kappa shape index (κ1) is 10.5.